The maximum Gasteiger partial charge on any atom is 0.310 e. The van der Waals surface area contributed by atoms with E-state index >= 15 is 0 Å². The average molecular weight is 509 g/mol. The summed E-state index contributed by atoms with van der Waals surface area (Å²) >= 11 is 0. The molecule has 3 fully saturated rings. The van der Waals surface area contributed by atoms with Gasteiger partial charge in [0.05, 0.1) is 12.0 Å². The molecule has 0 aromatic heterocycles. The highest BCUT2D eigenvalue weighted by molar-refractivity contribution is 5.91. The molecule has 0 radical (unpaired) electrons. The number of carboxylic acids is 1. The van der Waals surface area contributed by atoms with Gasteiger partial charge in [-0.3, -0.25) is 9.59 Å². The van der Waals surface area contributed by atoms with Gasteiger partial charge in [-0.05, 0) is 111 Å². The number of aliphatic hydroxyl groups excluding tert-OH is 1. The Kier molecular flexibility index (Phi) is 9.32. The van der Waals surface area contributed by atoms with Crippen molar-refractivity contribution in [1.29, 1.82) is 0 Å². The van der Waals surface area contributed by atoms with Crippen molar-refractivity contribution in [3.05, 3.63) is 47.0 Å². The number of benzene rings is 1. The lowest BCUT2D eigenvalue weighted by atomic mass is 9.52. The van der Waals surface area contributed by atoms with Crippen LogP contribution >= 0.6 is 0 Å². The number of rotatable bonds is 7. The van der Waals surface area contributed by atoms with Crippen molar-refractivity contribution in [2.45, 2.75) is 116 Å². The Labute approximate surface area is 223 Å². The molecule has 1 aromatic carbocycles. The van der Waals surface area contributed by atoms with Crippen LogP contribution in [0.5, 0.6) is 0 Å². The van der Waals surface area contributed by atoms with Crippen LogP contribution in [-0.2, 0) is 16.0 Å². The Morgan fingerprint density at radius 2 is 1.81 bits per heavy atom. The van der Waals surface area contributed by atoms with Crippen molar-refractivity contribution < 1.29 is 19.8 Å². The fourth-order valence-electron chi connectivity index (χ4n) is 8.21. The van der Waals surface area contributed by atoms with E-state index in [0.29, 0.717) is 11.7 Å². The summed E-state index contributed by atoms with van der Waals surface area (Å²) in [4.78, 5) is 22.7. The van der Waals surface area contributed by atoms with Crippen molar-refractivity contribution in [2.24, 2.45) is 29.1 Å². The summed E-state index contributed by atoms with van der Waals surface area (Å²) in [5, 5.41) is 19.5. The highest BCUT2D eigenvalue weighted by Gasteiger charge is 2.55. The summed E-state index contributed by atoms with van der Waals surface area (Å²) in [6.07, 6.45) is 16.7. The number of carbonyl (C=O) groups is 2. The smallest absolute Gasteiger partial charge is 0.310 e. The first-order valence-corrected chi connectivity index (χ1v) is 15.0. The van der Waals surface area contributed by atoms with Crippen LogP contribution in [-0.4, -0.2) is 28.1 Å². The number of ketones is 1. The van der Waals surface area contributed by atoms with Gasteiger partial charge in [0.25, 0.3) is 0 Å². The quantitative estimate of drug-likeness (QED) is 0.374. The molecule has 3 saturated carbocycles. The first-order chi connectivity index (χ1) is 17.8. The van der Waals surface area contributed by atoms with Crippen molar-refractivity contribution in [3.8, 4) is 0 Å². The molecule has 4 aliphatic rings. The summed E-state index contributed by atoms with van der Waals surface area (Å²) < 4.78 is 0. The minimum absolute atomic E-state index is 0.0710. The van der Waals surface area contributed by atoms with Crippen molar-refractivity contribution in [1.82, 2.24) is 0 Å². The second-order valence-electron chi connectivity index (χ2n) is 12.5. The Morgan fingerprint density at radius 3 is 2.57 bits per heavy atom. The number of allylic oxidation sites excluding steroid dienone is 1. The van der Waals surface area contributed by atoms with E-state index in [1.165, 1.54) is 56.1 Å². The number of fused-ring (bicyclic) bond motifs is 5. The van der Waals surface area contributed by atoms with E-state index in [2.05, 4.69) is 19.9 Å². The minimum Gasteiger partial charge on any atom is -0.481 e. The van der Waals surface area contributed by atoms with Gasteiger partial charge in [-0.15, -0.1) is 0 Å². The van der Waals surface area contributed by atoms with Crippen LogP contribution in [0.2, 0.25) is 0 Å². The van der Waals surface area contributed by atoms with Gasteiger partial charge in [-0.25, -0.2) is 0 Å². The van der Waals surface area contributed by atoms with Crippen molar-refractivity contribution >= 4 is 11.8 Å². The van der Waals surface area contributed by atoms with Gasteiger partial charge in [0.15, 0.2) is 5.78 Å². The number of aryl methyl sites for hydroxylation is 1. The highest BCUT2D eigenvalue weighted by Crippen LogP contribution is 2.61. The summed E-state index contributed by atoms with van der Waals surface area (Å²) in [5.41, 5.74) is 3.81. The van der Waals surface area contributed by atoms with Gasteiger partial charge < -0.3 is 10.2 Å². The zero-order chi connectivity index (χ0) is 26.6. The third kappa shape index (κ3) is 6.05. The Bertz CT molecular complexity index is 980. The van der Waals surface area contributed by atoms with E-state index in [1.54, 1.807) is 6.92 Å². The van der Waals surface area contributed by atoms with Gasteiger partial charge in [-0.2, -0.15) is 0 Å². The molecule has 1 aromatic rings. The molecule has 7 atom stereocenters. The zero-order valence-corrected chi connectivity index (χ0v) is 23.3. The van der Waals surface area contributed by atoms with Gasteiger partial charge in [0.1, 0.15) is 0 Å². The maximum atomic E-state index is 11.6. The lowest BCUT2D eigenvalue weighted by Gasteiger charge is -2.53. The summed E-state index contributed by atoms with van der Waals surface area (Å²) in [6, 6.07) is 7.91. The number of carboxylic acid groups (broad SMARTS) is 1. The summed E-state index contributed by atoms with van der Waals surface area (Å²) in [6.45, 7) is 6.29. The van der Waals surface area contributed by atoms with Crippen LogP contribution in [0, 0.1) is 29.1 Å². The molecule has 1 unspecified atom stereocenters. The Morgan fingerprint density at radius 1 is 1.03 bits per heavy atom. The largest absolute Gasteiger partial charge is 0.481 e. The molecule has 5 rings (SSSR count). The van der Waals surface area contributed by atoms with E-state index in [1.807, 2.05) is 24.3 Å². The standard InChI is InChI=1S/C18H26O2.C15H22O2/c1-18-9-8-14-13-5-3-12(19)10-11(13)2-4-15(14)16(18)6-7-17(18)20;1-3-4-5-6-9-13-10-7-8-11-14(13)12(2)15(16)17/h10,13-17,20H,2-9H2,1H3;7-8,10-12H,3-6,9H2,1-2H3,(H,16,17)/t13-,14+,15+,16-,17-,18-;/m0./s1. The molecular formula is C33H48O4. The number of carbonyl (C=O) groups excluding carboxylic acids is 1. The fraction of sp³-hybridized carbons (Fsp3) is 0.697. The summed E-state index contributed by atoms with van der Waals surface area (Å²) in [5.74, 6) is 2.23. The second kappa shape index (κ2) is 12.3. The van der Waals surface area contributed by atoms with E-state index in [4.69, 9.17) is 5.11 Å². The molecule has 2 N–H and O–H groups in total. The molecule has 0 amide bonds. The highest BCUT2D eigenvalue weighted by atomic mass is 16.4. The van der Waals surface area contributed by atoms with E-state index < -0.39 is 11.9 Å². The Balaban J connectivity index is 0.000000176. The number of hydrogen-bond acceptors (Lipinski definition) is 3. The number of aliphatic hydroxyl groups is 1. The topological polar surface area (TPSA) is 74.6 Å². The predicted octanol–water partition coefficient (Wildman–Crippen LogP) is 7.49. The molecule has 37 heavy (non-hydrogen) atoms. The molecule has 0 spiro atoms. The van der Waals surface area contributed by atoms with Crippen LogP contribution in [0.1, 0.15) is 115 Å². The molecule has 4 aliphatic carbocycles. The number of hydrogen-bond donors (Lipinski definition) is 2. The van der Waals surface area contributed by atoms with E-state index in [9.17, 15) is 14.7 Å². The van der Waals surface area contributed by atoms with Crippen LogP contribution in [0.3, 0.4) is 0 Å². The predicted molar refractivity (Wildman–Crippen MR) is 148 cm³/mol. The molecule has 4 nitrogen and oxygen atoms in total. The number of unbranched alkanes of at least 4 members (excludes halogenated alkanes) is 3. The first-order valence-electron chi connectivity index (χ1n) is 15.0. The lowest BCUT2D eigenvalue weighted by molar-refractivity contribution is -0.138. The SMILES string of the molecule is CCCCCCc1ccccc1C(C)C(=O)O.C[C@]12CC[C@H]3[C@@H](CCC4=CC(=O)CC[C@@H]43)[C@@H]1CC[C@@H]2O. The minimum atomic E-state index is -0.744. The normalized spacial score (nSPS) is 33.2. The van der Waals surface area contributed by atoms with Crippen molar-refractivity contribution in [3.63, 3.8) is 0 Å². The van der Waals surface area contributed by atoms with Crippen molar-refractivity contribution in [2.75, 3.05) is 0 Å². The molecule has 0 heterocycles. The van der Waals surface area contributed by atoms with Gasteiger partial charge in [0.2, 0.25) is 0 Å². The zero-order valence-electron chi connectivity index (χ0n) is 23.3. The molecular weight excluding hydrogens is 460 g/mol. The van der Waals surface area contributed by atoms with Gasteiger partial charge in [0, 0.05) is 6.42 Å². The van der Waals surface area contributed by atoms with Crippen LogP contribution in [0.4, 0.5) is 0 Å². The lowest BCUT2D eigenvalue weighted by Crippen LogP contribution is -2.47. The molecule has 0 saturated heterocycles. The Hall–Kier alpha value is -1.94. The molecule has 4 heteroatoms. The molecule has 204 valence electrons. The molecule has 0 bridgehead atoms. The first kappa shape index (κ1) is 28.1. The maximum absolute atomic E-state index is 11.6. The van der Waals surface area contributed by atoms with Crippen LogP contribution < -0.4 is 0 Å². The van der Waals surface area contributed by atoms with Gasteiger partial charge >= 0.3 is 5.97 Å². The molecule has 0 aliphatic heterocycles. The van der Waals surface area contributed by atoms with E-state index in [-0.39, 0.29) is 11.5 Å². The van der Waals surface area contributed by atoms with Crippen LogP contribution in [0.25, 0.3) is 0 Å². The monoisotopic (exact) mass is 508 g/mol. The third-order valence-electron chi connectivity index (χ3n) is 10.4. The van der Waals surface area contributed by atoms with Gasteiger partial charge in [-0.1, -0.05) is 62.9 Å². The number of aliphatic carboxylic acids is 1. The van der Waals surface area contributed by atoms with Crippen LogP contribution in [0.15, 0.2) is 35.9 Å². The average Bonchev–Trinajstić information content (AvgIpc) is 3.20. The summed E-state index contributed by atoms with van der Waals surface area (Å²) in [7, 11) is 0. The van der Waals surface area contributed by atoms with E-state index in [0.717, 1.165) is 61.8 Å². The second-order valence-corrected chi connectivity index (χ2v) is 12.5. The fourth-order valence-corrected chi connectivity index (χ4v) is 8.21. The third-order valence-corrected chi connectivity index (χ3v) is 10.4.